The molecule has 1 aliphatic rings. The van der Waals surface area contributed by atoms with Crippen molar-refractivity contribution in [1.29, 1.82) is 0 Å². The molecule has 0 aliphatic heterocycles. The Labute approximate surface area is 170 Å². The van der Waals surface area contributed by atoms with E-state index in [0.717, 1.165) is 23.1 Å². The Morgan fingerprint density at radius 3 is 2.55 bits per heavy atom. The molecule has 0 bridgehead atoms. The Morgan fingerprint density at radius 2 is 1.97 bits per heavy atom. The van der Waals surface area contributed by atoms with Gasteiger partial charge in [-0.3, -0.25) is 9.48 Å². The molecule has 1 saturated carbocycles. The molecular weight excluding hydrogens is 411 g/mol. The van der Waals surface area contributed by atoms with Crippen LogP contribution in [0, 0.1) is 0 Å². The van der Waals surface area contributed by atoms with Crippen LogP contribution < -0.4 is 14.8 Å². The fourth-order valence-corrected chi connectivity index (χ4v) is 3.47. The topological polar surface area (TPSA) is 65.4 Å². The molecule has 1 amide bonds. The van der Waals surface area contributed by atoms with Gasteiger partial charge in [0.05, 0.1) is 24.9 Å². The predicted octanol–water partition coefficient (Wildman–Crippen LogP) is 3.81. The molecule has 0 radical (unpaired) electrons. The average molecular weight is 432 g/mol. The molecule has 1 heterocycles. The van der Waals surface area contributed by atoms with Crippen molar-refractivity contribution < 1.29 is 27.4 Å². The molecule has 1 N–H and O–H groups in total. The smallest absolute Gasteiger partial charge is 0.436 e. The van der Waals surface area contributed by atoms with E-state index in [-0.39, 0.29) is 18.2 Å². The van der Waals surface area contributed by atoms with Gasteiger partial charge < -0.3 is 14.8 Å². The normalized spacial score (nSPS) is 14.0. The first-order chi connectivity index (χ1) is 13.7. The average Bonchev–Trinajstić information content (AvgIpc) is 3.44. The van der Waals surface area contributed by atoms with E-state index in [4.69, 9.17) is 21.1 Å². The number of nitrogens with one attached hydrogen (secondary N) is 1. The molecule has 2 aromatic rings. The number of alkyl halides is 3. The minimum absolute atomic E-state index is 0.0781. The number of hydrogen-bond donors (Lipinski definition) is 1. The highest BCUT2D eigenvalue weighted by Crippen LogP contribution is 2.46. The lowest BCUT2D eigenvalue weighted by molar-refractivity contribution is -0.141. The van der Waals surface area contributed by atoms with E-state index in [9.17, 15) is 18.0 Å². The molecule has 1 aromatic carbocycles. The van der Waals surface area contributed by atoms with Crippen LogP contribution in [0.15, 0.2) is 18.2 Å². The molecule has 0 saturated heterocycles. The van der Waals surface area contributed by atoms with Gasteiger partial charge in [-0.1, -0.05) is 17.7 Å². The third-order valence-electron chi connectivity index (χ3n) is 4.64. The van der Waals surface area contributed by atoms with Crippen molar-refractivity contribution >= 4 is 17.5 Å². The Hall–Kier alpha value is -2.42. The quantitative estimate of drug-likeness (QED) is 0.690. The molecular formula is C19H21ClF3N3O3. The summed E-state index contributed by atoms with van der Waals surface area (Å²) in [6.07, 6.45) is -2.65. The zero-order chi connectivity index (χ0) is 21.2. The van der Waals surface area contributed by atoms with Crippen LogP contribution in [0.3, 0.4) is 0 Å². The van der Waals surface area contributed by atoms with E-state index in [1.165, 1.54) is 7.11 Å². The van der Waals surface area contributed by atoms with Crippen LogP contribution in [-0.2, 0) is 23.9 Å². The first kappa shape index (κ1) is 21.3. The molecule has 6 nitrogen and oxygen atoms in total. The highest BCUT2D eigenvalue weighted by molar-refractivity contribution is 6.32. The van der Waals surface area contributed by atoms with Gasteiger partial charge in [0.2, 0.25) is 5.91 Å². The van der Waals surface area contributed by atoms with Crippen LogP contribution in [0.4, 0.5) is 13.2 Å². The second kappa shape index (κ2) is 8.52. The number of carbonyl (C=O) groups excluding carboxylic acids is 1. The number of nitrogens with zero attached hydrogens (tertiary/aromatic N) is 2. The van der Waals surface area contributed by atoms with Crippen molar-refractivity contribution in [1.82, 2.24) is 15.1 Å². The second-order valence-corrected chi connectivity index (χ2v) is 7.14. The molecule has 10 heteroatoms. The summed E-state index contributed by atoms with van der Waals surface area (Å²) in [7, 11) is 3.07. The lowest BCUT2D eigenvalue weighted by Crippen LogP contribution is -2.30. The fraction of sp³-hybridized carbons (Fsp3) is 0.474. The molecule has 0 spiro atoms. The minimum atomic E-state index is -4.66. The largest absolute Gasteiger partial charge is 0.493 e. The summed E-state index contributed by atoms with van der Waals surface area (Å²) >= 11 is 5.91. The van der Waals surface area contributed by atoms with E-state index in [0.29, 0.717) is 24.5 Å². The van der Waals surface area contributed by atoms with E-state index in [1.54, 1.807) is 19.2 Å². The lowest BCUT2D eigenvalue weighted by atomic mass is 10.1. The third kappa shape index (κ3) is 4.95. The van der Waals surface area contributed by atoms with E-state index >= 15 is 0 Å². The number of halogens is 4. The van der Waals surface area contributed by atoms with Crippen LogP contribution in [0.5, 0.6) is 11.5 Å². The first-order valence-corrected chi connectivity index (χ1v) is 9.43. The highest BCUT2D eigenvalue weighted by Gasteiger charge is 2.42. The van der Waals surface area contributed by atoms with Crippen molar-refractivity contribution in [2.45, 2.75) is 37.9 Å². The number of benzene rings is 1. The molecule has 1 fully saturated rings. The van der Waals surface area contributed by atoms with Gasteiger partial charge in [-0.25, -0.2) is 0 Å². The van der Waals surface area contributed by atoms with E-state index in [1.807, 2.05) is 6.07 Å². The van der Waals surface area contributed by atoms with Crippen LogP contribution in [0.25, 0.3) is 0 Å². The van der Waals surface area contributed by atoms with Crippen molar-refractivity contribution in [3.05, 3.63) is 40.2 Å². The second-order valence-electron chi connectivity index (χ2n) is 6.77. The summed E-state index contributed by atoms with van der Waals surface area (Å²) in [6, 6.07) is 5.42. The number of hydrogen-bond acceptors (Lipinski definition) is 4. The summed E-state index contributed by atoms with van der Waals surface area (Å²) in [6.45, 7) is 0.00176. The standard InChI is InChI=1S/C19H21ClF3N3O3/c1-28-13-6-3-11(9-14(13)29-2)7-8-24-15(27)10-26-17(12-4-5-12)16(20)18(25-26)19(21,22)23/h3,6,9,12H,4-5,7-8,10H2,1-2H3,(H,24,27). The summed E-state index contributed by atoms with van der Waals surface area (Å²) in [5.74, 6) is 0.672. The summed E-state index contributed by atoms with van der Waals surface area (Å²) < 4.78 is 50.8. The summed E-state index contributed by atoms with van der Waals surface area (Å²) in [5.41, 5.74) is 0.0661. The molecule has 1 aromatic heterocycles. The molecule has 1 aliphatic carbocycles. The number of carbonyl (C=O) groups is 1. The van der Waals surface area contributed by atoms with Crippen molar-refractivity contribution in [2.24, 2.45) is 0 Å². The van der Waals surface area contributed by atoms with Gasteiger partial charge in [0.15, 0.2) is 17.2 Å². The van der Waals surface area contributed by atoms with Crippen molar-refractivity contribution in [3.8, 4) is 11.5 Å². The van der Waals surface area contributed by atoms with Crippen LogP contribution in [0.1, 0.15) is 35.7 Å². The summed E-state index contributed by atoms with van der Waals surface area (Å²) in [4.78, 5) is 12.3. The molecule has 0 unspecified atom stereocenters. The van der Waals surface area contributed by atoms with Gasteiger partial charge in [0.1, 0.15) is 6.54 Å². The van der Waals surface area contributed by atoms with Gasteiger partial charge in [0.25, 0.3) is 0 Å². The monoisotopic (exact) mass is 431 g/mol. The first-order valence-electron chi connectivity index (χ1n) is 9.05. The number of ether oxygens (including phenoxy) is 2. The Bertz CT molecular complexity index is 895. The molecule has 158 valence electrons. The maximum absolute atomic E-state index is 13.1. The van der Waals surface area contributed by atoms with Crippen LogP contribution in [-0.4, -0.2) is 36.5 Å². The molecule has 0 atom stereocenters. The van der Waals surface area contributed by atoms with Crippen LogP contribution >= 0.6 is 11.6 Å². The van der Waals surface area contributed by atoms with Gasteiger partial charge in [-0.05, 0) is 37.0 Å². The molecule has 29 heavy (non-hydrogen) atoms. The Balaban J connectivity index is 1.62. The van der Waals surface area contributed by atoms with E-state index < -0.39 is 22.8 Å². The zero-order valence-corrected chi connectivity index (χ0v) is 16.7. The Kier molecular flexibility index (Phi) is 6.26. The molecule has 3 rings (SSSR count). The van der Waals surface area contributed by atoms with Crippen molar-refractivity contribution in [3.63, 3.8) is 0 Å². The maximum Gasteiger partial charge on any atom is 0.436 e. The fourth-order valence-electron chi connectivity index (χ4n) is 3.08. The summed E-state index contributed by atoms with van der Waals surface area (Å²) in [5, 5.41) is 5.86. The number of rotatable bonds is 8. The predicted molar refractivity (Wildman–Crippen MR) is 100 cm³/mol. The van der Waals surface area contributed by atoms with E-state index in [2.05, 4.69) is 10.4 Å². The van der Waals surface area contributed by atoms with Gasteiger partial charge in [0, 0.05) is 12.5 Å². The zero-order valence-electron chi connectivity index (χ0n) is 16.0. The number of amides is 1. The minimum Gasteiger partial charge on any atom is -0.493 e. The lowest BCUT2D eigenvalue weighted by Gasteiger charge is -2.11. The van der Waals surface area contributed by atoms with Gasteiger partial charge in [-0.2, -0.15) is 18.3 Å². The maximum atomic E-state index is 13.1. The number of aromatic nitrogens is 2. The van der Waals surface area contributed by atoms with Crippen molar-refractivity contribution in [2.75, 3.05) is 20.8 Å². The van der Waals surface area contributed by atoms with Gasteiger partial charge in [-0.15, -0.1) is 0 Å². The highest BCUT2D eigenvalue weighted by atomic mass is 35.5. The van der Waals surface area contributed by atoms with Gasteiger partial charge >= 0.3 is 6.18 Å². The number of methoxy groups -OCH3 is 2. The van der Waals surface area contributed by atoms with Crippen LogP contribution in [0.2, 0.25) is 5.02 Å². The third-order valence-corrected chi connectivity index (χ3v) is 5.01. The Morgan fingerprint density at radius 1 is 1.28 bits per heavy atom. The SMILES string of the molecule is COc1ccc(CCNC(=O)Cn2nc(C(F)(F)F)c(Cl)c2C2CC2)cc1OC.